The van der Waals surface area contributed by atoms with Crippen LogP contribution in [0.5, 0.6) is 0 Å². The van der Waals surface area contributed by atoms with Crippen LogP contribution in [0.1, 0.15) is 33.5 Å². The number of allylic oxidation sites excluding steroid dienone is 1. The summed E-state index contributed by atoms with van der Waals surface area (Å²) in [6.07, 6.45) is 2.45. The Morgan fingerprint density at radius 3 is 2.28 bits per heavy atom. The molecular formula is C19H22N4O5S. The van der Waals surface area contributed by atoms with Gasteiger partial charge in [-0.3, -0.25) is 4.79 Å². The Labute approximate surface area is 172 Å². The van der Waals surface area contributed by atoms with Crippen molar-refractivity contribution in [2.45, 2.75) is 25.0 Å². The van der Waals surface area contributed by atoms with Crippen molar-refractivity contribution in [3.8, 4) is 0 Å². The summed E-state index contributed by atoms with van der Waals surface area (Å²) in [5.41, 5.74) is 0.522. The molecule has 0 radical (unpaired) electrons. The zero-order valence-electron chi connectivity index (χ0n) is 16.4. The highest BCUT2D eigenvalue weighted by molar-refractivity contribution is 7.99. The normalized spacial score (nSPS) is 10.3. The van der Waals surface area contributed by atoms with Gasteiger partial charge in [-0.2, -0.15) is 0 Å². The SMILES string of the molecule is C=CCn1c(CC)nnc1SCC(=O)Nc1cc(C(=O)OC)cc(C(=O)OC)c1. The van der Waals surface area contributed by atoms with Gasteiger partial charge in [-0.05, 0) is 18.2 Å². The van der Waals surface area contributed by atoms with Gasteiger partial charge in [0.25, 0.3) is 0 Å². The van der Waals surface area contributed by atoms with Crippen molar-refractivity contribution >= 4 is 35.3 Å². The van der Waals surface area contributed by atoms with Crippen molar-refractivity contribution in [3.05, 3.63) is 47.8 Å². The number of methoxy groups -OCH3 is 2. The number of carbonyl (C=O) groups excluding carboxylic acids is 3. The lowest BCUT2D eigenvalue weighted by molar-refractivity contribution is -0.113. The van der Waals surface area contributed by atoms with Gasteiger partial charge in [-0.1, -0.05) is 24.8 Å². The van der Waals surface area contributed by atoms with E-state index < -0.39 is 11.9 Å². The number of carbonyl (C=O) groups is 3. The third-order valence-electron chi connectivity index (χ3n) is 3.81. The van der Waals surface area contributed by atoms with Gasteiger partial charge in [0.05, 0.1) is 31.1 Å². The van der Waals surface area contributed by atoms with E-state index in [1.165, 1.54) is 44.2 Å². The minimum Gasteiger partial charge on any atom is -0.465 e. The molecule has 2 rings (SSSR count). The Bertz CT molecular complexity index is 891. The topological polar surface area (TPSA) is 112 Å². The molecule has 2 aromatic rings. The summed E-state index contributed by atoms with van der Waals surface area (Å²) in [5.74, 6) is -0.731. The number of esters is 2. The van der Waals surface area contributed by atoms with Gasteiger partial charge in [0.2, 0.25) is 5.91 Å². The molecule has 1 aromatic carbocycles. The number of ether oxygens (including phenoxy) is 2. The number of aromatic nitrogens is 3. The minimum absolute atomic E-state index is 0.0645. The third kappa shape index (κ3) is 5.67. The molecule has 0 atom stereocenters. The molecule has 1 N–H and O–H groups in total. The molecule has 1 aromatic heterocycles. The molecular weight excluding hydrogens is 396 g/mol. The molecule has 1 heterocycles. The van der Waals surface area contributed by atoms with Crippen molar-refractivity contribution in [2.75, 3.05) is 25.3 Å². The maximum Gasteiger partial charge on any atom is 0.337 e. The molecule has 154 valence electrons. The molecule has 1 amide bonds. The first kappa shape index (κ1) is 22.2. The van der Waals surface area contributed by atoms with Crippen molar-refractivity contribution in [1.82, 2.24) is 14.8 Å². The minimum atomic E-state index is -0.634. The Morgan fingerprint density at radius 1 is 1.14 bits per heavy atom. The van der Waals surface area contributed by atoms with Crippen LogP contribution < -0.4 is 5.32 Å². The van der Waals surface area contributed by atoms with Crippen molar-refractivity contribution in [3.63, 3.8) is 0 Å². The van der Waals surface area contributed by atoms with E-state index in [4.69, 9.17) is 0 Å². The van der Waals surface area contributed by atoms with Gasteiger partial charge in [0, 0.05) is 18.7 Å². The van der Waals surface area contributed by atoms with Crippen molar-refractivity contribution < 1.29 is 23.9 Å². The van der Waals surface area contributed by atoms with Gasteiger partial charge in [0.1, 0.15) is 5.82 Å². The molecule has 0 unspecified atom stereocenters. The van der Waals surface area contributed by atoms with E-state index in [2.05, 4.69) is 31.6 Å². The highest BCUT2D eigenvalue weighted by Gasteiger charge is 2.16. The lowest BCUT2D eigenvalue weighted by Gasteiger charge is -2.10. The fourth-order valence-corrected chi connectivity index (χ4v) is 3.26. The number of nitrogens with zero attached hydrogens (tertiary/aromatic N) is 3. The number of nitrogens with one attached hydrogen (secondary N) is 1. The molecule has 0 aliphatic carbocycles. The Morgan fingerprint density at radius 2 is 1.76 bits per heavy atom. The lowest BCUT2D eigenvalue weighted by atomic mass is 10.1. The van der Waals surface area contributed by atoms with E-state index in [-0.39, 0.29) is 28.5 Å². The summed E-state index contributed by atoms with van der Waals surface area (Å²) in [6.45, 7) is 6.24. The van der Waals surface area contributed by atoms with Gasteiger partial charge in [-0.15, -0.1) is 16.8 Å². The number of rotatable bonds is 9. The second-order valence-corrected chi connectivity index (χ2v) is 6.71. The highest BCUT2D eigenvalue weighted by atomic mass is 32.2. The van der Waals surface area contributed by atoms with E-state index in [9.17, 15) is 14.4 Å². The van der Waals surface area contributed by atoms with Crippen LogP contribution in [0.15, 0.2) is 36.0 Å². The number of anilines is 1. The summed E-state index contributed by atoms with van der Waals surface area (Å²) in [4.78, 5) is 36.1. The number of thioether (sulfide) groups is 1. The zero-order valence-corrected chi connectivity index (χ0v) is 17.2. The molecule has 0 saturated heterocycles. The lowest BCUT2D eigenvalue weighted by Crippen LogP contribution is -2.16. The summed E-state index contributed by atoms with van der Waals surface area (Å²) in [6, 6.07) is 4.19. The number of hydrogen-bond donors (Lipinski definition) is 1. The van der Waals surface area contributed by atoms with E-state index >= 15 is 0 Å². The average Bonchev–Trinajstić information content (AvgIpc) is 3.12. The van der Waals surface area contributed by atoms with Crippen LogP contribution in [0, 0.1) is 0 Å². The highest BCUT2D eigenvalue weighted by Crippen LogP contribution is 2.20. The van der Waals surface area contributed by atoms with Gasteiger partial charge in [0.15, 0.2) is 5.16 Å². The number of benzene rings is 1. The Hall–Kier alpha value is -3.14. The smallest absolute Gasteiger partial charge is 0.337 e. The maximum atomic E-state index is 12.4. The molecule has 9 nitrogen and oxygen atoms in total. The molecule has 10 heteroatoms. The van der Waals surface area contributed by atoms with E-state index in [0.29, 0.717) is 18.1 Å². The van der Waals surface area contributed by atoms with Crippen LogP contribution in [0.2, 0.25) is 0 Å². The Kier molecular flexibility index (Phi) is 7.96. The summed E-state index contributed by atoms with van der Waals surface area (Å²) in [5, 5.41) is 11.5. The average molecular weight is 418 g/mol. The van der Waals surface area contributed by atoms with Gasteiger partial charge >= 0.3 is 11.9 Å². The van der Waals surface area contributed by atoms with Crippen LogP contribution >= 0.6 is 11.8 Å². The maximum absolute atomic E-state index is 12.4. The van der Waals surface area contributed by atoms with E-state index in [1.54, 1.807) is 6.08 Å². The molecule has 29 heavy (non-hydrogen) atoms. The fourth-order valence-electron chi connectivity index (χ4n) is 2.50. The first-order valence-corrected chi connectivity index (χ1v) is 9.69. The number of amides is 1. The van der Waals surface area contributed by atoms with E-state index in [1.807, 2.05) is 11.5 Å². The molecule has 0 bridgehead atoms. The molecule has 0 saturated carbocycles. The monoisotopic (exact) mass is 418 g/mol. The molecule has 0 aliphatic rings. The molecule has 0 spiro atoms. The first-order valence-electron chi connectivity index (χ1n) is 8.70. The number of hydrogen-bond acceptors (Lipinski definition) is 8. The van der Waals surface area contributed by atoms with Gasteiger partial charge in [-0.25, -0.2) is 9.59 Å². The van der Waals surface area contributed by atoms with Gasteiger partial charge < -0.3 is 19.4 Å². The summed E-state index contributed by atoms with van der Waals surface area (Å²) >= 11 is 1.23. The Balaban J connectivity index is 2.14. The largest absolute Gasteiger partial charge is 0.465 e. The quantitative estimate of drug-likeness (QED) is 0.375. The van der Waals surface area contributed by atoms with Crippen LogP contribution in [0.4, 0.5) is 5.69 Å². The first-order chi connectivity index (χ1) is 13.9. The van der Waals surface area contributed by atoms with Crippen LogP contribution in [-0.2, 0) is 27.2 Å². The van der Waals surface area contributed by atoms with Crippen LogP contribution in [-0.4, -0.2) is 52.6 Å². The molecule has 0 aliphatic heterocycles. The fraction of sp³-hybridized carbons (Fsp3) is 0.316. The third-order valence-corrected chi connectivity index (χ3v) is 4.78. The molecule has 0 fully saturated rings. The van der Waals surface area contributed by atoms with E-state index in [0.717, 1.165) is 5.82 Å². The van der Waals surface area contributed by atoms with Crippen LogP contribution in [0.3, 0.4) is 0 Å². The predicted molar refractivity (Wildman–Crippen MR) is 108 cm³/mol. The number of aryl methyl sites for hydroxylation is 1. The predicted octanol–water partition coefficient (Wildman–Crippen LogP) is 2.33. The zero-order chi connectivity index (χ0) is 21.4. The summed E-state index contributed by atoms with van der Waals surface area (Å²) in [7, 11) is 2.46. The van der Waals surface area contributed by atoms with Crippen molar-refractivity contribution in [2.24, 2.45) is 0 Å². The second kappa shape index (κ2) is 10.4. The van der Waals surface area contributed by atoms with Crippen molar-refractivity contribution in [1.29, 1.82) is 0 Å². The second-order valence-electron chi connectivity index (χ2n) is 5.77. The van der Waals surface area contributed by atoms with Crippen LogP contribution in [0.25, 0.3) is 0 Å². The summed E-state index contributed by atoms with van der Waals surface area (Å²) < 4.78 is 11.3. The standard InChI is InChI=1S/C19H22N4O5S/c1-5-7-23-15(6-2)21-22-19(23)29-11-16(24)20-14-9-12(17(25)27-3)8-13(10-14)18(26)28-4/h5,8-10H,1,6-7,11H2,2-4H3,(H,20,24).